The Morgan fingerprint density at radius 2 is 1.95 bits per heavy atom. The fourth-order valence-electron chi connectivity index (χ4n) is 2.92. The van der Waals surface area contributed by atoms with Crippen LogP contribution in [0.1, 0.15) is 35.4 Å². The van der Waals surface area contributed by atoms with Crippen molar-refractivity contribution in [1.29, 1.82) is 0 Å². The smallest absolute Gasteiger partial charge is 0.224 e. The molecule has 0 radical (unpaired) electrons. The van der Waals surface area contributed by atoms with Crippen LogP contribution in [0.3, 0.4) is 0 Å². The van der Waals surface area contributed by atoms with Gasteiger partial charge in [0.15, 0.2) is 0 Å². The van der Waals surface area contributed by atoms with E-state index in [-0.39, 0.29) is 5.91 Å². The van der Waals surface area contributed by atoms with Crippen LogP contribution < -0.4 is 5.32 Å². The second-order valence-electron chi connectivity index (χ2n) is 5.56. The first kappa shape index (κ1) is 12.9. The maximum absolute atomic E-state index is 11.8. The summed E-state index contributed by atoms with van der Waals surface area (Å²) in [7, 11) is 0. The number of carbonyl (C=O) groups is 1. The summed E-state index contributed by atoms with van der Waals surface area (Å²) in [5.41, 5.74) is 4.78. The quantitative estimate of drug-likeness (QED) is 0.872. The second kappa shape index (κ2) is 5.49. The van der Waals surface area contributed by atoms with E-state index in [4.69, 9.17) is 0 Å². The van der Waals surface area contributed by atoms with Crippen molar-refractivity contribution in [3.8, 4) is 0 Å². The Kier molecular flexibility index (Phi) is 3.55. The summed E-state index contributed by atoms with van der Waals surface area (Å²) in [5.74, 6) is 0.541. The lowest BCUT2D eigenvalue weighted by molar-refractivity contribution is -0.116. The highest BCUT2D eigenvalue weighted by molar-refractivity contribution is 5.92. The normalized spacial score (nSPS) is 18.1. The molecule has 20 heavy (non-hydrogen) atoms. The van der Waals surface area contributed by atoms with Gasteiger partial charge >= 0.3 is 0 Å². The van der Waals surface area contributed by atoms with Gasteiger partial charge in [0.05, 0.1) is 0 Å². The number of nitrogens with one attached hydrogen (secondary N) is 1. The molecule has 2 aromatic rings. The van der Waals surface area contributed by atoms with Crippen LogP contribution in [-0.4, -0.2) is 5.91 Å². The Morgan fingerprint density at radius 1 is 1.15 bits per heavy atom. The summed E-state index contributed by atoms with van der Waals surface area (Å²) in [5, 5.41) is 3.04. The molecule has 102 valence electrons. The van der Waals surface area contributed by atoms with Crippen molar-refractivity contribution < 1.29 is 4.79 Å². The van der Waals surface area contributed by atoms with E-state index in [0.717, 1.165) is 18.5 Å². The molecule has 1 unspecified atom stereocenters. The predicted molar refractivity (Wildman–Crippen MR) is 81.9 cm³/mol. The lowest BCUT2D eigenvalue weighted by Gasteiger charge is -2.17. The first-order valence-electron chi connectivity index (χ1n) is 7.17. The number of benzene rings is 2. The zero-order chi connectivity index (χ0) is 13.9. The van der Waals surface area contributed by atoms with Crippen LogP contribution in [-0.2, 0) is 11.2 Å². The van der Waals surface area contributed by atoms with Gasteiger partial charge < -0.3 is 5.32 Å². The Labute approximate surface area is 119 Å². The van der Waals surface area contributed by atoms with Gasteiger partial charge in [-0.3, -0.25) is 4.79 Å². The van der Waals surface area contributed by atoms with E-state index in [1.165, 1.54) is 16.7 Å². The monoisotopic (exact) mass is 265 g/mol. The summed E-state index contributed by atoms with van der Waals surface area (Å²) in [4.78, 5) is 11.8. The lowest BCUT2D eigenvalue weighted by Crippen LogP contribution is -2.09. The fourth-order valence-corrected chi connectivity index (χ4v) is 2.92. The van der Waals surface area contributed by atoms with E-state index in [0.29, 0.717) is 12.3 Å². The van der Waals surface area contributed by atoms with E-state index in [1.807, 2.05) is 6.07 Å². The van der Waals surface area contributed by atoms with Crippen molar-refractivity contribution in [2.45, 2.75) is 32.1 Å². The molecule has 0 bridgehead atoms. The van der Waals surface area contributed by atoms with E-state index in [1.54, 1.807) is 0 Å². The van der Waals surface area contributed by atoms with Crippen LogP contribution in [0.4, 0.5) is 5.69 Å². The van der Waals surface area contributed by atoms with Crippen molar-refractivity contribution in [2.24, 2.45) is 0 Å². The molecule has 1 aliphatic heterocycles. The largest absolute Gasteiger partial charge is 0.326 e. The second-order valence-corrected chi connectivity index (χ2v) is 5.56. The highest BCUT2D eigenvalue weighted by Gasteiger charge is 2.22. The third kappa shape index (κ3) is 2.74. The van der Waals surface area contributed by atoms with Gasteiger partial charge in [-0.05, 0) is 48.4 Å². The van der Waals surface area contributed by atoms with Crippen molar-refractivity contribution >= 4 is 11.6 Å². The highest BCUT2D eigenvalue weighted by atomic mass is 16.1. The van der Waals surface area contributed by atoms with Crippen LogP contribution in [0.5, 0.6) is 0 Å². The fraction of sp³-hybridized carbons (Fsp3) is 0.278. The van der Waals surface area contributed by atoms with Gasteiger partial charge in [-0.1, -0.05) is 42.5 Å². The van der Waals surface area contributed by atoms with Crippen molar-refractivity contribution in [1.82, 2.24) is 0 Å². The molecule has 2 heteroatoms. The summed E-state index contributed by atoms with van der Waals surface area (Å²) in [6, 6.07) is 16.9. The molecule has 1 N–H and O–H groups in total. The first-order chi connectivity index (χ1) is 9.72. The van der Waals surface area contributed by atoms with Gasteiger partial charge in [0.1, 0.15) is 0 Å². The number of carbonyl (C=O) groups excluding carboxylic acids is 1. The van der Waals surface area contributed by atoms with Gasteiger partial charge in [-0.25, -0.2) is 0 Å². The summed E-state index contributed by atoms with van der Waals surface area (Å²) in [6.45, 7) is 2.06. The molecule has 1 amide bonds. The molecule has 1 heterocycles. The molecule has 1 aliphatic rings. The molecule has 2 nitrogen and oxygen atoms in total. The Hall–Kier alpha value is -2.09. The average Bonchev–Trinajstić information content (AvgIpc) is 2.59. The van der Waals surface area contributed by atoms with Gasteiger partial charge in [0, 0.05) is 12.1 Å². The molecule has 0 aliphatic carbocycles. The highest BCUT2D eigenvalue weighted by Crippen LogP contribution is 2.34. The molecular formula is C18H19NO. The number of rotatable bonds is 2. The third-order valence-electron chi connectivity index (χ3n) is 3.97. The van der Waals surface area contributed by atoms with Gasteiger partial charge in [-0.2, -0.15) is 0 Å². The minimum absolute atomic E-state index is 0.132. The minimum Gasteiger partial charge on any atom is -0.326 e. The Balaban J connectivity index is 1.94. The van der Waals surface area contributed by atoms with Crippen LogP contribution in [0.15, 0.2) is 48.5 Å². The van der Waals surface area contributed by atoms with Crippen molar-refractivity contribution in [2.75, 3.05) is 5.32 Å². The van der Waals surface area contributed by atoms with Crippen molar-refractivity contribution in [3.05, 3.63) is 65.2 Å². The predicted octanol–water partition coefficient (Wildman–Crippen LogP) is 4.05. The molecular weight excluding hydrogens is 246 g/mol. The third-order valence-corrected chi connectivity index (χ3v) is 3.97. The topological polar surface area (TPSA) is 29.1 Å². The van der Waals surface area contributed by atoms with Gasteiger partial charge in [0.2, 0.25) is 5.91 Å². The number of aryl methyl sites for hydroxylation is 1. The number of hydrogen-bond acceptors (Lipinski definition) is 1. The van der Waals surface area contributed by atoms with E-state index < -0.39 is 0 Å². The van der Waals surface area contributed by atoms with E-state index >= 15 is 0 Å². The minimum atomic E-state index is 0.132. The maximum atomic E-state index is 11.8. The average molecular weight is 265 g/mol. The molecule has 3 rings (SSSR count). The number of fused-ring (bicyclic) bond motifs is 1. The molecule has 0 spiro atoms. The maximum Gasteiger partial charge on any atom is 0.224 e. The molecule has 0 aromatic heterocycles. The SMILES string of the molecule is Cc1ccc2c(c1)NC(=O)CCC2Cc1ccccc1. The van der Waals surface area contributed by atoms with Crippen LogP contribution in [0, 0.1) is 6.92 Å². The molecule has 2 aromatic carbocycles. The van der Waals surface area contributed by atoms with Crippen LogP contribution in [0.2, 0.25) is 0 Å². The number of amides is 1. The zero-order valence-electron chi connectivity index (χ0n) is 11.7. The Morgan fingerprint density at radius 3 is 2.75 bits per heavy atom. The van der Waals surface area contributed by atoms with Gasteiger partial charge in [-0.15, -0.1) is 0 Å². The Bertz CT molecular complexity index is 619. The van der Waals surface area contributed by atoms with Crippen molar-refractivity contribution in [3.63, 3.8) is 0 Å². The van der Waals surface area contributed by atoms with Crippen LogP contribution in [0.25, 0.3) is 0 Å². The molecule has 0 saturated carbocycles. The van der Waals surface area contributed by atoms with Gasteiger partial charge in [0.25, 0.3) is 0 Å². The molecule has 0 saturated heterocycles. The summed E-state index contributed by atoms with van der Waals surface area (Å²) >= 11 is 0. The zero-order valence-corrected chi connectivity index (χ0v) is 11.7. The summed E-state index contributed by atoms with van der Waals surface area (Å²) < 4.78 is 0. The number of anilines is 1. The molecule has 0 fully saturated rings. The standard InChI is InChI=1S/C18H19NO/c1-13-7-9-16-15(12-14-5-3-2-4-6-14)8-10-18(20)19-17(16)11-13/h2-7,9,11,15H,8,10,12H2,1H3,(H,19,20). The first-order valence-corrected chi connectivity index (χ1v) is 7.17. The number of hydrogen-bond donors (Lipinski definition) is 1. The van der Waals surface area contributed by atoms with Crippen LogP contribution >= 0.6 is 0 Å². The van der Waals surface area contributed by atoms with E-state index in [2.05, 4.69) is 54.7 Å². The lowest BCUT2D eigenvalue weighted by atomic mass is 9.88. The summed E-state index contributed by atoms with van der Waals surface area (Å²) in [6.07, 6.45) is 2.51. The van der Waals surface area contributed by atoms with E-state index in [9.17, 15) is 4.79 Å². The molecule has 1 atom stereocenters.